The SMILES string of the molecule is Cc1cc(N(CCO)CCO)ccc1C(c1ccc(Cl)cc1)c1ccc(N(CCO)CCO)cc1C. The fraction of sp³-hybridized carbons (Fsp3) is 0.379. The van der Waals surface area contributed by atoms with Gasteiger partial charge in [0.1, 0.15) is 0 Å². The Labute approximate surface area is 219 Å². The minimum atomic E-state index is -0.0290. The van der Waals surface area contributed by atoms with Crippen molar-refractivity contribution < 1.29 is 20.4 Å². The van der Waals surface area contributed by atoms with Crippen molar-refractivity contribution in [3.8, 4) is 0 Å². The monoisotopic (exact) mass is 512 g/mol. The van der Waals surface area contributed by atoms with Crippen molar-refractivity contribution in [1.82, 2.24) is 0 Å². The van der Waals surface area contributed by atoms with Gasteiger partial charge in [0, 0.05) is 48.5 Å². The van der Waals surface area contributed by atoms with Crippen LogP contribution in [0.4, 0.5) is 11.4 Å². The minimum absolute atomic E-state index is 0.0172. The molecule has 194 valence electrons. The Kier molecular flexibility index (Phi) is 10.6. The fourth-order valence-electron chi connectivity index (χ4n) is 4.77. The van der Waals surface area contributed by atoms with Crippen LogP contribution in [0.2, 0.25) is 5.02 Å². The summed E-state index contributed by atoms with van der Waals surface area (Å²) in [7, 11) is 0. The second-order valence-corrected chi connectivity index (χ2v) is 9.37. The zero-order valence-corrected chi connectivity index (χ0v) is 21.8. The van der Waals surface area contributed by atoms with Crippen molar-refractivity contribution >= 4 is 23.0 Å². The molecule has 3 aromatic carbocycles. The fourth-order valence-corrected chi connectivity index (χ4v) is 4.89. The van der Waals surface area contributed by atoms with E-state index >= 15 is 0 Å². The first-order valence-corrected chi connectivity index (χ1v) is 12.7. The largest absolute Gasteiger partial charge is 0.395 e. The molecule has 4 N–H and O–H groups in total. The zero-order valence-electron chi connectivity index (χ0n) is 21.1. The van der Waals surface area contributed by atoms with E-state index in [1.54, 1.807) is 0 Å². The van der Waals surface area contributed by atoms with Crippen molar-refractivity contribution in [2.24, 2.45) is 0 Å². The average Bonchev–Trinajstić information content (AvgIpc) is 2.86. The molecule has 0 spiro atoms. The Bertz CT molecular complexity index is 1030. The van der Waals surface area contributed by atoms with E-state index in [2.05, 4.69) is 50.2 Å². The maximum Gasteiger partial charge on any atom is 0.0606 e. The first-order valence-electron chi connectivity index (χ1n) is 12.3. The maximum absolute atomic E-state index is 9.45. The second kappa shape index (κ2) is 13.6. The number of rotatable bonds is 13. The molecule has 7 heteroatoms. The highest BCUT2D eigenvalue weighted by Crippen LogP contribution is 2.38. The molecule has 0 aliphatic heterocycles. The maximum atomic E-state index is 9.45. The molecule has 0 heterocycles. The van der Waals surface area contributed by atoms with Crippen LogP contribution in [-0.2, 0) is 0 Å². The molecule has 0 aliphatic rings. The Balaban J connectivity index is 2.08. The first-order chi connectivity index (χ1) is 17.4. The minimum Gasteiger partial charge on any atom is -0.395 e. The van der Waals surface area contributed by atoms with Gasteiger partial charge in [0.05, 0.1) is 26.4 Å². The van der Waals surface area contributed by atoms with Gasteiger partial charge in [-0.15, -0.1) is 0 Å². The highest BCUT2D eigenvalue weighted by molar-refractivity contribution is 6.30. The van der Waals surface area contributed by atoms with Gasteiger partial charge in [-0.3, -0.25) is 0 Å². The summed E-state index contributed by atoms with van der Waals surface area (Å²) in [5.74, 6) is -0.0290. The van der Waals surface area contributed by atoms with Gasteiger partial charge in [-0.05, 0) is 78.1 Å². The normalized spacial score (nSPS) is 11.2. The number of nitrogens with zero attached hydrogens (tertiary/aromatic N) is 2. The molecule has 3 aromatic rings. The number of hydrogen-bond acceptors (Lipinski definition) is 6. The van der Waals surface area contributed by atoms with E-state index in [-0.39, 0.29) is 32.3 Å². The van der Waals surface area contributed by atoms with E-state index in [0.717, 1.165) is 39.2 Å². The van der Waals surface area contributed by atoms with Gasteiger partial charge >= 0.3 is 0 Å². The van der Waals surface area contributed by atoms with Crippen molar-refractivity contribution in [2.75, 3.05) is 62.4 Å². The van der Waals surface area contributed by atoms with Gasteiger partial charge in [0.15, 0.2) is 0 Å². The van der Waals surface area contributed by atoms with Crippen LogP contribution in [0.15, 0.2) is 60.7 Å². The van der Waals surface area contributed by atoms with Crippen molar-refractivity contribution in [3.05, 3.63) is 93.5 Å². The van der Waals surface area contributed by atoms with Crippen LogP contribution in [0.1, 0.15) is 33.7 Å². The van der Waals surface area contributed by atoms with Gasteiger partial charge in [0.25, 0.3) is 0 Å². The van der Waals surface area contributed by atoms with Crippen LogP contribution in [0.3, 0.4) is 0 Å². The van der Waals surface area contributed by atoms with E-state index in [1.165, 1.54) is 0 Å². The van der Waals surface area contributed by atoms with Crippen LogP contribution in [0.25, 0.3) is 0 Å². The molecule has 0 unspecified atom stereocenters. The van der Waals surface area contributed by atoms with Crippen LogP contribution in [0.5, 0.6) is 0 Å². The van der Waals surface area contributed by atoms with E-state index < -0.39 is 0 Å². The Hall–Kier alpha value is -2.61. The molecule has 0 radical (unpaired) electrons. The summed E-state index contributed by atoms with van der Waals surface area (Å²) >= 11 is 6.21. The quantitative estimate of drug-likeness (QED) is 0.261. The molecule has 0 fully saturated rings. The molecule has 36 heavy (non-hydrogen) atoms. The summed E-state index contributed by atoms with van der Waals surface area (Å²) in [5, 5.41) is 38.5. The number of halogens is 1. The lowest BCUT2D eigenvalue weighted by Crippen LogP contribution is -2.29. The van der Waals surface area contributed by atoms with Gasteiger partial charge in [-0.2, -0.15) is 0 Å². The van der Waals surface area contributed by atoms with Crippen LogP contribution >= 0.6 is 11.6 Å². The second-order valence-electron chi connectivity index (χ2n) is 8.93. The van der Waals surface area contributed by atoms with E-state index in [9.17, 15) is 20.4 Å². The molecular formula is C29H37ClN2O4. The van der Waals surface area contributed by atoms with Crippen LogP contribution < -0.4 is 9.80 Å². The van der Waals surface area contributed by atoms with Gasteiger partial charge < -0.3 is 30.2 Å². The lowest BCUT2D eigenvalue weighted by Gasteiger charge is -2.28. The first kappa shape index (κ1) is 28.0. The number of anilines is 2. The summed E-state index contributed by atoms with van der Waals surface area (Å²) in [6, 6.07) is 20.5. The molecule has 6 nitrogen and oxygen atoms in total. The summed E-state index contributed by atoms with van der Waals surface area (Å²) in [6.45, 7) is 6.08. The third kappa shape index (κ3) is 6.78. The van der Waals surface area contributed by atoms with Crippen LogP contribution in [-0.4, -0.2) is 73.0 Å². The number of aliphatic hydroxyl groups excluding tert-OH is 4. The van der Waals surface area contributed by atoms with Crippen molar-refractivity contribution in [1.29, 1.82) is 0 Å². The molecule has 0 amide bonds. The Morgan fingerprint density at radius 1 is 0.611 bits per heavy atom. The van der Waals surface area contributed by atoms with E-state index in [0.29, 0.717) is 31.2 Å². The third-order valence-corrected chi connectivity index (χ3v) is 6.79. The predicted molar refractivity (Wildman–Crippen MR) is 148 cm³/mol. The van der Waals surface area contributed by atoms with Gasteiger partial charge in [-0.25, -0.2) is 0 Å². The smallest absolute Gasteiger partial charge is 0.0606 e. The number of aliphatic hydroxyl groups is 4. The standard InChI is InChI=1S/C29H37ClN2O4/c1-21-19-25(31(11-15-33)12-16-34)7-9-27(21)29(23-3-5-24(30)6-4-23)28-10-8-26(20-22(28)2)32(13-17-35)14-18-36/h3-10,19-20,29,33-36H,11-18H2,1-2H3. The van der Waals surface area contributed by atoms with Gasteiger partial charge in [0.2, 0.25) is 0 Å². The summed E-state index contributed by atoms with van der Waals surface area (Å²) in [5.41, 5.74) is 7.59. The zero-order chi connectivity index (χ0) is 26.1. The lowest BCUT2D eigenvalue weighted by molar-refractivity contribution is 0.280. The van der Waals surface area contributed by atoms with E-state index in [4.69, 9.17) is 11.6 Å². The molecular weight excluding hydrogens is 476 g/mol. The van der Waals surface area contributed by atoms with Crippen LogP contribution in [0, 0.1) is 13.8 Å². The molecule has 0 saturated carbocycles. The molecule has 0 aliphatic carbocycles. The topological polar surface area (TPSA) is 87.4 Å². The molecule has 0 saturated heterocycles. The highest BCUT2D eigenvalue weighted by atomic mass is 35.5. The highest BCUT2D eigenvalue weighted by Gasteiger charge is 2.22. The molecule has 0 aromatic heterocycles. The van der Waals surface area contributed by atoms with Crippen molar-refractivity contribution in [3.63, 3.8) is 0 Å². The summed E-state index contributed by atoms with van der Waals surface area (Å²) in [4.78, 5) is 3.95. The lowest BCUT2D eigenvalue weighted by atomic mass is 9.81. The Morgan fingerprint density at radius 3 is 1.33 bits per heavy atom. The predicted octanol–water partition coefficient (Wildman–Crippen LogP) is 3.72. The van der Waals surface area contributed by atoms with Crippen molar-refractivity contribution in [2.45, 2.75) is 19.8 Å². The number of aryl methyl sites for hydroxylation is 2. The summed E-state index contributed by atoms with van der Waals surface area (Å²) < 4.78 is 0. The summed E-state index contributed by atoms with van der Waals surface area (Å²) in [6.07, 6.45) is 0. The number of benzene rings is 3. The Morgan fingerprint density at radius 2 is 1.00 bits per heavy atom. The van der Waals surface area contributed by atoms with E-state index in [1.807, 2.05) is 34.1 Å². The van der Waals surface area contributed by atoms with Gasteiger partial charge in [-0.1, -0.05) is 35.9 Å². The third-order valence-electron chi connectivity index (χ3n) is 6.54. The molecule has 0 bridgehead atoms. The average molecular weight is 513 g/mol. The number of hydrogen-bond donors (Lipinski definition) is 4. The molecule has 0 atom stereocenters. The molecule has 3 rings (SSSR count).